The van der Waals surface area contributed by atoms with E-state index < -0.39 is 23.3 Å². The van der Waals surface area contributed by atoms with Gasteiger partial charge in [-0.3, -0.25) is 9.48 Å². The molecule has 5 nitrogen and oxygen atoms in total. The van der Waals surface area contributed by atoms with Crippen molar-refractivity contribution in [2.75, 3.05) is 11.9 Å². The zero-order valence-corrected chi connectivity index (χ0v) is 16.1. The van der Waals surface area contributed by atoms with Gasteiger partial charge in [0, 0.05) is 24.7 Å². The number of hydrogen-bond donors (Lipinski definition) is 2. The molecule has 1 amide bonds. The number of rotatable bonds is 6. The molecule has 2 aromatic rings. The average molecular weight is 415 g/mol. The highest BCUT2D eigenvalue weighted by Gasteiger charge is 2.40. The molecule has 0 saturated heterocycles. The van der Waals surface area contributed by atoms with Crippen molar-refractivity contribution in [2.24, 2.45) is 13.0 Å². The first-order valence-electron chi connectivity index (χ1n) is 9.07. The van der Waals surface area contributed by atoms with Crippen LogP contribution in [-0.4, -0.2) is 28.3 Å². The van der Waals surface area contributed by atoms with Crippen LogP contribution in [0.3, 0.4) is 0 Å². The monoisotopic (exact) mass is 414 g/mol. The number of carbonyl (C=O) groups is 1. The maximum Gasteiger partial charge on any atom is 0.433 e. The van der Waals surface area contributed by atoms with E-state index in [4.69, 9.17) is 0 Å². The Balaban J connectivity index is 0.00000225. The van der Waals surface area contributed by atoms with Crippen LogP contribution >= 0.6 is 12.4 Å². The third-order valence-electron chi connectivity index (χ3n) is 5.20. The molecule has 2 saturated carbocycles. The van der Waals surface area contributed by atoms with Crippen molar-refractivity contribution in [3.05, 3.63) is 47.3 Å². The zero-order chi connectivity index (χ0) is 19.2. The Hall–Kier alpha value is -2.06. The summed E-state index contributed by atoms with van der Waals surface area (Å²) in [5, 5.41) is 9.66. The number of halogens is 4. The van der Waals surface area contributed by atoms with E-state index in [1.807, 2.05) is 12.1 Å². The Morgan fingerprint density at radius 1 is 1.25 bits per heavy atom. The molecule has 0 unspecified atom stereocenters. The van der Waals surface area contributed by atoms with Crippen LogP contribution in [0, 0.1) is 5.92 Å². The highest BCUT2D eigenvalue weighted by Crippen LogP contribution is 2.42. The van der Waals surface area contributed by atoms with E-state index >= 15 is 0 Å². The van der Waals surface area contributed by atoms with Crippen LogP contribution in [0.4, 0.5) is 18.9 Å². The van der Waals surface area contributed by atoms with E-state index in [2.05, 4.69) is 15.7 Å². The second kappa shape index (κ2) is 7.75. The Bertz CT molecular complexity index is 846. The number of carbonyl (C=O) groups excluding carboxylic acids is 1. The summed E-state index contributed by atoms with van der Waals surface area (Å²) >= 11 is 0. The van der Waals surface area contributed by atoms with Gasteiger partial charge in [0.25, 0.3) is 5.91 Å². The minimum Gasteiger partial charge on any atom is -0.322 e. The van der Waals surface area contributed by atoms with Crippen LogP contribution < -0.4 is 10.6 Å². The molecule has 0 bridgehead atoms. The SMILES string of the molecule is Cl.Cn1ncc(C(=O)Nc2ccc([C@@H]3C[C@H]3NCC3CC3)cc2)c1C(F)(F)F. The third-order valence-corrected chi connectivity index (χ3v) is 5.20. The molecule has 0 spiro atoms. The first-order chi connectivity index (χ1) is 12.8. The summed E-state index contributed by atoms with van der Waals surface area (Å²) in [4.78, 5) is 12.3. The predicted molar refractivity (Wildman–Crippen MR) is 102 cm³/mol. The van der Waals surface area contributed by atoms with Crippen LogP contribution in [0.1, 0.15) is 46.8 Å². The number of hydrogen-bond acceptors (Lipinski definition) is 3. The quantitative estimate of drug-likeness (QED) is 0.752. The molecule has 28 heavy (non-hydrogen) atoms. The molecule has 2 aliphatic rings. The Morgan fingerprint density at radius 3 is 2.54 bits per heavy atom. The Labute approximate surface area is 167 Å². The largest absolute Gasteiger partial charge is 0.433 e. The molecule has 2 atom stereocenters. The van der Waals surface area contributed by atoms with Crippen molar-refractivity contribution >= 4 is 24.0 Å². The highest BCUT2D eigenvalue weighted by atomic mass is 35.5. The minimum absolute atomic E-state index is 0. The number of nitrogens with zero attached hydrogens (tertiary/aromatic N) is 2. The number of aryl methyl sites for hydroxylation is 1. The standard InChI is InChI=1S/C19H21F3N4O.ClH/c1-26-17(19(20,21)22)15(10-24-26)18(27)25-13-6-4-12(5-7-13)14-8-16(14)23-9-11-2-3-11;/h4-7,10-11,14,16,23H,2-3,8-9H2,1H3,(H,25,27);1H/t14-,16+;/m0./s1. The van der Waals surface area contributed by atoms with Crippen LogP contribution in [-0.2, 0) is 13.2 Å². The summed E-state index contributed by atoms with van der Waals surface area (Å²) in [5.41, 5.74) is 0.0994. The van der Waals surface area contributed by atoms with E-state index in [0.29, 0.717) is 22.3 Å². The van der Waals surface area contributed by atoms with Gasteiger partial charge in [-0.1, -0.05) is 12.1 Å². The second-order valence-electron chi connectivity index (χ2n) is 7.40. The van der Waals surface area contributed by atoms with Gasteiger partial charge < -0.3 is 10.6 Å². The number of alkyl halides is 3. The normalized spacial score (nSPS) is 21.1. The first-order valence-corrected chi connectivity index (χ1v) is 9.07. The van der Waals surface area contributed by atoms with Gasteiger partial charge in [-0.2, -0.15) is 18.3 Å². The lowest BCUT2D eigenvalue weighted by atomic mass is 10.1. The van der Waals surface area contributed by atoms with E-state index in [0.717, 1.165) is 32.1 Å². The van der Waals surface area contributed by atoms with Crippen LogP contribution in [0.15, 0.2) is 30.5 Å². The molecule has 1 aromatic heterocycles. The topological polar surface area (TPSA) is 59.0 Å². The molecule has 2 fully saturated rings. The molecule has 2 aliphatic carbocycles. The second-order valence-corrected chi connectivity index (χ2v) is 7.40. The molecule has 1 heterocycles. The van der Waals surface area contributed by atoms with E-state index in [9.17, 15) is 18.0 Å². The predicted octanol–water partition coefficient (Wildman–Crippen LogP) is 3.97. The molecule has 9 heteroatoms. The van der Waals surface area contributed by atoms with Crippen molar-refractivity contribution in [3.8, 4) is 0 Å². The van der Waals surface area contributed by atoms with Crippen molar-refractivity contribution in [1.82, 2.24) is 15.1 Å². The van der Waals surface area contributed by atoms with Gasteiger partial charge in [-0.25, -0.2) is 0 Å². The van der Waals surface area contributed by atoms with Crippen molar-refractivity contribution in [1.29, 1.82) is 0 Å². The van der Waals surface area contributed by atoms with E-state index in [1.165, 1.54) is 18.4 Å². The van der Waals surface area contributed by atoms with Gasteiger partial charge in [-0.05, 0) is 49.4 Å². The summed E-state index contributed by atoms with van der Waals surface area (Å²) in [6.07, 6.45) is 0.0453. The van der Waals surface area contributed by atoms with Gasteiger partial charge in [0.2, 0.25) is 0 Å². The highest BCUT2D eigenvalue weighted by molar-refractivity contribution is 6.05. The first kappa shape index (κ1) is 20.7. The molecule has 152 valence electrons. The number of amides is 1. The number of anilines is 1. The smallest absolute Gasteiger partial charge is 0.322 e. The lowest BCUT2D eigenvalue weighted by molar-refractivity contribution is -0.144. The molecule has 1 aromatic carbocycles. The van der Waals surface area contributed by atoms with Crippen LogP contribution in [0.25, 0.3) is 0 Å². The van der Waals surface area contributed by atoms with Gasteiger partial charge in [0.05, 0.1) is 11.8 Å². The molecule has 2 N–H and O–H groups in total. The van der Waals surface area contributed by atoms with E-state index in [-0.39, 0.29) is 12.4 Å². The van der Waals surface area contributed by atoms with Crippen molar-refractivity contribution in [2.45, 2.75) is 37.4 Å². The van der Waals surface area contributed by atoms with Gasteiger partial charge in [0.1, 0.15) is 0 Å². The maximum absolute atomic E-state index is 13.1. The fourth-order valence-electron chi connectivity index (χ4n) is 3.38. The fourth-order valence-corrected chi connectivity index (χ4v) is 3.38. The summed E-state index contributed by atoms with van der Waals surface area (Å²) in [5.74, 6) is 0.500. The Kier molecular flexibility index (Phi) is 5.72. The van der Waals surface area contributed by atoms with Crippen molar-refractivity contribution in [3.63, 3.8) is 0 Å². The zero-order valence-electron chi connectivity index (χ0n) is 15.3. The van der Waals surface area contributed by atoms with Crippen LogP contribution in [0.2, 0.25) is 0 Å². The van der Waals surface area contributed by atoms with Crippen LogP contribution in [0.5, 0.6) is 0 Å². The number of aromatic nitrogens is 2. The van der Waals surface area contributed by atoms with Gasteiger partial charge >= 0.3 is 6.18 Å². The average Bonchev–Trinajstić information content (AvgIpc) is 3.51. The third kappa shape index (κ3) is 4.50. The van der Waals surface area contributed by atoms with Crippen molar-refractivity contribution < 1.29 is 18.0 Å². The molecule has 0 aliphatic heterocycles. The number of benzene rings is 1. The summed E-state index contributed by atoms with van der Waals surface area (Å²) in [6.45, 7) is 1.09. The molecule has 0 radical (unpaired) electrons. The summed E-state index contributed by atoms with van der Waals surface area (Å²) in [6, 6.07) is 7.82. The number of nitrogens with one attached hydrogen (secondary N) is 2. The molecule has 4 rings (SSSR count). The molecular formula is C19H22ClF3N4O. The lowest BCUT2D eigenvalue weighted by Crippen LogP contribution is -2.20. The Morgan fingerprint density at radius 2 is 1.93 bits per heavy atom. The van der Waals surface area contributed by atoms with Gasteiger partial charge in [-0.15, -0.1) is 12.4 Å². The summed E-state index contributed by atoms with van der Waals surface area (Å²) in [7, 11) is 1.16. The van der Waals surface area contributed by atoms with Gasteiger partial charge in [0.15, 0.2) is 5.69 Å². The molecular weight excluding hydrogens is 393 g/mol. The lowest BCUT2D eigenvalue weighted by Gasteiger charge is -2.10. The summed E-state index contributed by atoms with van der Waals surface area (Å²) < 4.78 is 40.0. The maximum atomic E-state index is 13.1. The minimum atomic E-state index is -4.64. The van der Waals surface area contributed by atoms with E-state index in [1.54, 1.807) is 12.1 Å². The fraction of sp³-hybridized carbons (Fsp3) is 0.474.